The third-order valence-corrected chi connectivity index (χ3v) is 8.92. The van der Waals surface area contributed by atoms with E-state index in [1.54, 1.807) is 4.90 Å². The first-order chi connectivity index (χ1) is 20.0. The summed E-state index contributed by atoms with van der Waals surface area (Å²) < 4.78 is 5.38. The van der Waals surface area contributed by atoms with Crippen LogP contribution in [-0.4, -0.2) is 35.8 Å². The molecular weight excluding hydrogens is 512 g/mol. The number of nitrogens with zero attached hydrogens (tertiary/aromatic N) is 1. The minimum atomic E-state index is -0.881. The molecule has 1 heterocycles. The predicted octanol–water partition coefficient (Wildman–Crippen LogP) is 6.36. The summed E-state index contributed by atoms with van der Waals surface area (Å²) in [6.45, 7) is 1.94. The molecule has 214 valence electrons. The van der Waals surface area contributed by atoms with Gasteiger partial charge >= 0.3 is 5.97 Å². The van der Waals surface area contributed by atoms with Crippen LogP contribution in [0.2, 0.25) is 0 Å². The smallest absolute Gasteiger partial charge is 0.311 e. The second-order valence-electron chi connectivity index (χ2n) is 11.4. The number of hydrogen-bond acceptors (Lipinski definition) is 4. The van der Waals surface area contributed by atoms with Gasteiger partial charge in [-0.15, -0.1) is 0 Å². The van der Waals surface area contributed by atoms with E-state index in [1.807, 2.05) is 97.9 Å². The lowest BCUT2D eigenvalue weighted by molar-refractivity contribution is -0.147. The van der Waals surface area contributed by atoms with Gasteiger partial charge in [0.15, 0.2) is 0 Å². The summed E-state index contributed by atoms with van der Waals surface area (Å²) in [5.41, 5.74) is 2.63. The fourth-order valence-electron chi connectivity index (χ4n) is 6.89. The molecule has 41 heavy (non-hydrogen) atoms. The van der Waals surface area contributed by atoms with Gasteiger partial charge in [-0.2, -0.15) is 0 Å². The lowest BCUT2D eigenvalue weighted by Crippen LogP contribution is -2.49. The lowest BCUT2D eigenvalue weighted by Gasteiger charge is -2.32. The highest BCUT2D eigenvalue weighted by atomic mass is 16.5. The zero-order chi connectivity index (χ0) is 28.8. The van der Waals surface area contributed by atoms with Crippen molar-refractivity contribution in [2.45, 2.75) is 69.5 Å². The van der Waals surface area contributed by atoms with E-state index in [1.165, 1.54) is 20.0 Å². The SMILES string of the molecule is COC(=O)C1C(c2ccccc2)C(C(=O)NC(C)c2ccccc2)N(C(=O)CCC2CCCC2)C1c1ccccc1. The van der Waals surface area contributed by atoms with Crippen molar-refractivity contribution in [1.82, 2.24) is 10.2 Å². The fourth-order valence-corrected chi connectivity index (χ4v) is 6.89. The molecule has 6 nitrogen and oxygen atoms in total. The molecule has 0 radical (unpaired) electrons. The Morgan fingerprint density at radius 1 is 0.854 bits per heavy atom. The first-order valence-electron chi connectivity index (χ1n) is 14.8. The quantitative estimate of drug-likeness (QED) is 0.314. The molecule has 0 aromatic heterocycles. The van der Waals surface area contributed by atoms with Gasteiger partial charge in [0.25, 0.3) is 0 Å². The van der Waals surface area contributed by atoms with Gasteiger partial charge in [-0.25, -0.2) is 0 Å². The summed E-state index contributed by atoms with van der Waals surface area (Å²) in [6.07, 6.45) is 5.85. The summed E-state index contributed by atoms with van der Waals surface area (Å²) in [7, 11) is 1.38. The van der Waals surface area contributed by atoms with Crippen LogP contribution in [0, 0.1) is 11.8 Å². The van der Waals surface area contributed by atoms with Crippen molar-refractivity contribution in [3.63, 3.8) is 0 Å². The van der Waals surface area contributed by atoms with Gasteiger partial charge in [-0.3, -0.25) is 14.4 Å². The van der Waals surface area contributed by atoms with Crippen LogP contribution in [0.3, 0.4) is 0 Å². The number of carbonyl (C=O) groups excluding carboxylic acids is 3. The third kappa shape index (κ3) is 6.22. The molecule has 1 aliphatic carbocycles. The molecule has 1 saturated carbocycles. The largest absolute Gasteiger partial charge is 0.469 e. The van der Waals surface area contributed by atoms with E-state index in [0.29, 0.717) is 12.3 Å². The van der Waals surface area contributed by atoms with E-state index in [9.17, 15) is 14.4 Å². The molecule has 3 aromatic rings. The Hall–Kier alpha value is -3.93. The summed E-state index contributed by atoms with van der Waals surface area (Å²) >= 11 is 0. The van der Waals surface area contributed by atoms with Gasteiger partial charge in [0.05, 0.1) is 25.1 Å². The molecule has 2 fully saturated rings. The van der Waals surface area contributed by atoms with Crippen molar-refractivity contribution in [2.75, 3.05) is 7.11 Å². The summed E-state index contributed by atoms with van der Waals surface area (Å²) in [4.78, 5) is 44.0. The number of benzene rings is 3. The number of rotatable bonds is 9. The van der Waals surface area contributed by atoms with Gasteiger partial charge in [-0.1, -0.05) is 117 Å². The number of methoxy groups -OCH3 is 1. The third-order valence-electron chi connectivity index (χ3n) is 8.92. The number of carbonyl (C=O) groups is 3. The zero-order valence-corrected chi connectivity index (χ0v) is 23.9. The highest BCUT2D eigenvalue weighted by Gasteiger charge is 2.57. The first kappa shape index (κ1) is 28.6. The molecule has 2 amide bonds. The summed E-state index contributed by atoms with van der Waals surface area (Å²) in [5, 5.41) is 3.18. The van der Waals surface area contributed by atoms with Crippen LogP contribution in [0.25, 0.3) is 0 Å². The fraction of sp³-hybridized carbons (Fsp3) is 0.400. The maximum absolute atomic E-state index is 14.4. The van der Waals surface area contributed by atoms with Gasteiger partial charge in [0.1, 0.15) is 6.04 Å². The van der Waals surface area contributed by atoms with Crippen LogP contribution in [-0.2, 0) is 19.1 Å². The molecule has 1 aliphatic heterocycles. The van der Waals surface area contributed by atoms with Crippen molar-refractivity contribution in [3.05, 3.63) is 108 Å². The topological polar surface area (TPSA) is 75.7 Å². The molecule has 0 spiro atoms. The molecule has 2 aliphatic rings. The standard InChI is InChI=1S/C35H40N2O4/c1-24(26-16-6-3-7-17-26)36-34(39)33-30(27-18-8-4-9-19-27)31(35(40)41-2)32(28-20-10-5-11-21-28)37(33)29(38)23-22-25-14-12-13-15-25/h3-11,16-21,24-25,30-33H,12-15,22-23H2,1-2H3,(H,36,39). The number of amides is 2. The maximum Gasteiger partial charge on any atom is 0.311 e. The lowest BCUT2D eigenvalue weighted by atomic mass is 9.79. The van der Waals surface area contributed by atoms with Crippen LogP contribution in [0.15, 0.2) is 91.0 Å². The Kier molecular flexibility index (Phi) is 9.17. The Bertz CT molecular complexity index is 1310. The normalized spacial score (nSPS) is 23.2. The van der Waals surface area contributed by atoms with Crippen molar-refractivity contribution in [2.24, 2.45) is 11.8 Å². The number of hydrogen-bond donors (Lipinski definition) is 1. The minimum Gasteiger partial charge on any atom is -0.469 e. The second kappa shape index (κ2) is 13.2. The van der Waals surface area contributed by atoms with E-state index in [0.717, 1.165) is 36.0 Å². The monoisotopic (exact) mass is 552 g/mol. The van der Waals surface area contributed by atoms with Crippen LogP contribution in [0.4, 0.5) is 0 Å². The van der Waals surface area contributed by atoms with Gasteiger partial charge in [0.2, 0.25) is 11.8 Å². The number of nitrogens with one attached hydrogen (secondary N) is 1. The van der Waals surface area contributed by atoms with Crippen LogP contribution < -0.4 is 5.32 Å². The van der Waals surface area contributed by atoms with E-state index >= 15 is 0 Å². The highest BCUT2D eigenvalue weighted by Crippen LogP contribution is 2.51. The molecule has 5 rings (SSSR count). The van der Waals surface area contributed by atoms with Gasteiger partial charge in [-0.05, 0) is 36.0 Å². The van der Waals surface area contributed by atoms with Crippen molar-refractivity contribution in [1.29, 1.82) is 0 Å². The van der Waals surface area contributed by atoms with E-state index in [4.69, 9.17) is 4.74 Å². The van der Waals surface area contributed by atoms with E-state index < -0.39 is 29.9 Å². The second-order valence-corrected chi connectivity index (χ2v) is 11.4. The molecule has 3 aromatic carbocycles. The first-order valence-corrected chi connectivity index (χ1v) is 14.8. The van der Waals surface area contributed by atoms with Crippen LogP contribution in [0.1, 0.15) is 80.1 Å². The van der Waals surface area contributed by atoms with Crippen molar-refractivity contribution >= 4 is 17.8 Å². The Labute approximate surface area is 243 Å². The van der Waals surface area contributed by atoms with Crippen LogP contribution >= 0.6 is 0 Å². The Balaban J connectivity index is 1.59. The maximum atomic E-state index is 14.4. The number of ether oxygens (including phenoxy) is 1. The molecule has 6 heteroatoms. The Morgan fingerprint density at radius 3 is 2.00 bits per heavy atom. The van der Waals surface area contributed by atoms with Crippen molar-refractivity contribution < 1.29 is 19.1 Å². The van der Waals surface area contributed by atoms with E-state index in [-0.39, 0.29) is 17.9 Å². The summed E-state index contributed by atoms with van der Waals surface area (Å²) in [5.74, 6) is -1.58. The molecule has 0 bridgehead atoms. The highest BCUT2D eigenvalue weighted by molar-refractivity contribution is 5.92. The number of esters is 1. The van der Waals surface area contributed by atoms with Gasteiger partial charge in [0, 0.05) is 12.3 Å². The molecule has 1 N–H and O–H groups in total. The minimum absolute atomic E-state index is 0.0920. The van der Waals surface area contributed by atoms with E-state index in [2.05, 4.69) is 5.32 Å². The molecular formula is C35H40N2O4. The predicted molar refractivity (Wildman–Crippen MR) is 159 cm³/mol. The zero-order valence-electron chi connectivity index (χ0n) is 23.9. The van der Waals surface area contributed by atoms with Gasteiger partial charge < -0.3 is 15.0 Å². The average molecular weight is 553 g/mol. The van der Waals surface area contributed by atoms with Crippen molar-refractivity contribution in [3.8, 4) is 0 Å². The molecule has 1 saturated heterocycles. The van der Waals surface area contributed by atoms with Crippen LogP contribution in [0.5, 0.6) is 0 Å². The Morgan fingerprint density at radius 2 is 1.41 bits per heavy atom. The molecule has 5 atom stereocenters. The number of likely N-dealkylation sites (tertiary alicyclic amines) is 1. The average Bonchev–Trinajstić information content (AvgIpc) is 3.67. The molecule has 5 unspecified atom stereocenters. The summed E-state index contributed by atoms with van der Waals surface area (Å²) in [6, 6.07) is 27.2.